The predicted molar refractivity (Wildman–Crippen MR) is 69.0 cm³/mol. The Labute approximate surface area is 103 Å². The van der Waals surface area contributed by atoms with Crippen molar-refractivity contribution in [2.45, 2.75) is 19.4 Å². The molecule has 0 aliphatic rings. The fraction of sp³-hybridized carbons (Fsp3) is 0.273. The first-order chi connectivity index (χ1) is 7.18. The molecule has 1 atom stereocenters. The summed E-state index contributed by atoms with van der Waals surface area (Å²) >= 11 is 9.53. The molecule has 2 heterocycles. The fourth-order valence-corrected chi connectivity index (χ4v) is 3.47. The Bertz CT molecular complexity index is 433. The lowest BCUT2D eigenvalue weighted by molar-refractivity contribution is 0.738. The molecule has 0 fully saturated rings. The monoisotopic (exact) mass is 257 g/mol. The number of hydrogen-bond donors (Lipinski definition) is 1. The Kier molecular flexibility index (Phi) is 3.46. The van der Waals surface area contributed by atoms with E-state index in [1.54, 1.807) is 22.7 Å². The minimum Gasteiger partial charge on any atom is -0.323 e. The lowest BCUT2D eigenvalue weighted by Crippen LogP contribution is -2.11. The van der Waals surface area contributed by atoms with Gasteiger partial charge in [0, 0.05) is 10.9 Å². The van der Waals surface area contributed by atoms with Crippen LogP contribution in [0.15, 0.2) is 22.2 Å². The van der Waals surface area contributed by atoms with E-state index in [-0.39, 0.29) is 6.04 Å². The molecule has 0 spiro atoms. The van der Waals surface area contributed by atoms with Crippen molar-refractivity contribution in [2.75, 3.05) is 0 Å². The summed E-state index contributed by atoms with van der Waals surface area (Å²) in [5.74, 6) is 0. The molecular weight excluding hydrogens is 246 g/mol. The summed E-state index contributed by atoms with van der Waals surface area (Å²) in [6.07, 6.45) is 0.864. The molecule has 0 aliphatic heterocycles. The summed E-state index contributed by atoms with van der Waals surface area (Å²) in [4.78, 5) is 1.10. The number of nitrogens with two attached hydrogens (primary N) is 1. The molecule has 0 saturated carbocycles. The zero-order valence-electron chi connectivity index (χ0n) is 8.37. The molecule has 1 unspecified atom stereocenters. The van der Waals surface area contributed by atoms with Gasteiger partial charge >= 0.3 is 0 Å². The maximum Gasteiger partial charge on any atom is 0.0590 e. The van der Waals surface area contributed by atoms with Crippen molar-refractivity contribution < 1.29 is 0 Å². The largest absolute Gasteiger partial charge is 0.323 e. The first kappa shape index (κ1) is 11.1. The van der Waals surface area contributed by atoms with Crippen LogP contribution in [0.5, 0.6) is 0 Å². The minimum atomic E-state index is 0.0193. The van der Waals surface area contributed by atoms with Gasteiger partial charge in [-0.3, -0.25) is 0 Å². The molecule has 80 valence electrons. The Morgan fingerprint density at radius 1 is 1.47 bits per heavy atom. The van der Waals surface area contributed by atoms with Crippen molar-refractivity contribution in [3.05, 3.63) is 43.2 Å². The van der Waals surface area contributed by atoms with E-state index in [0.717, 1.165) is 21.9 Å². The number of aryl methyl sites for hydroxylation is 1. The molecular formula is C11H12ClNS2. The van der Waals surface area contributed by atoms with E-state index in [0.29, 0.717) is 0 Å². The molecule has 2 aromatic heterocycles. The normalized spacial score (nSPS) is 13.0. The minimum absolute atomic E-state index is 0.0193. The van der Waals surface area contributed by atoms with Gasteiger partial charge in [0.2, 0.25) is 0 Å². The third-order valence-corrected chi connectivity index (χ3v) is 4.88. The van der Waals surface area contributed by atoms with E-state index < -0.39 is 0 Å². The molecule has 0 radical (unpaired) electrons. The van der Waals surface area contributed by atoms with E-state index in [1.165, 1.54) is 5.56 Å². The smallest absolute Gasteiger partial charge is 0.0590 e. The molecule has 1 nitrogen and oxygen atoms in total. The Morgan fingerprint density at radius 3 is 2.80 bits per heavy atom. The standard InChI is InChI=1S/C11H12ClNS2/c1-7-5-15-11(10(7)12)9(13)4-8-2-3-14-6-8/h2-3,5-6,9H,4,13H2,1H3. The van der Waals surface area contributed by atoms with Crippen LogP contribution in [-0.4, -0.2) is 0 Å². The lowest BCUT2D eigenvalue weighted by atomic mass is 10.1. The average molecular weight is 258 g/mol. The van der Waals surface area contributed by atoms with Crippen LogP contribution in [0.2, 0.25) is 5.02 Å². The van der Waals surface area contributed by atoms with Gasteiger partial charge in [-0.1, -0.05) is 11.6 Å². The van der Waals surface area contributed by atoms with E-state index in [1.807, 2.05) is 6.92 Å². The van der Waals surface area contributed by atoms with Crippen LogP contribution in [0.25, 0.3) is 0 Å². The van der Waals surface area contributed by atoms with Gasteiger partial charge in [0.25, 0.3) is 0 Å². The second kappa shape index (κ2) is 4.66. The number of rotatable bonds is 3. The van der Waals surface area contributed by atoms with Gasteiger partial charge in [-0.25, -0.2) is 0 Å². The average Bonchev–Trinajstić information content (AvgIpc) is 2.79. The molecule has 0 saturated heterocycles. The van der Waals surface area contributed by atoms with Crippen molar-refractivity contribution in [3.8, 4) is 0 Å². The second-order valence-corrected chi connectivity index (χ2v) is 5.61. The molecule has 2 aromatic rings. The van der Waals surface area contributed by atoms with Gasteiger partial charge in [0.15, 0.2) is 0 Å². The topological polar surface area (TPSA) is 26.0 Å². The first-order valence-electron chi connectivity index (χ1n) is 4.68. The van der Waals surface area contributed by atoms with Crippen molar-refractivity contribution in [1.82, 2.24) is 0 Å². The van der Waals surface area contributed by atoms with Crippen molar-refractivity contribution in [1.29, 1.82) is 0 Å². The summed E-state index contributed by atoms with van der Waals surface area (Å²) in [6.45, 7) is 2.01. The number of thiophene rings is 2. The first-order valence-corrected chi connectivity index (χ1v) is 6.88. The van der Waals surface area contributed by atoms with Gasteiger partial charge < -0.3 is 5.73 Å². The summed E-state index contributed by atoms with van der Waals surface area (Å²) in [5, 5.41) is 7.10. The van der Waals surface area contributed by atoms with E-state index in [9.17, 15) is 0 Å². The Morgan fingerprint density at radius 2 is 2.27 bits per heavy atom. The molecule has 2 N–H and O–H groups in total. The maximum atomic E-state index is 6.18. The fourth-order valence-electron chi connectivity index (χ4n) is 1.46. The molecule has 0 aliphatic carbocycles. The Hall–Kier alpha value is -0.350. The van der Waals surface area contributed by atoms with E-state index >= 15 is 0 Å². The third kappa shape index (κ3) is 2.42. The highest BCUT2D eigenvalue weighted by molar-refractivity contribution is 7.10. The van der Waals surface area contributed by atoms with E-state index in [2.05, 4.69) is 22.2 Å². The number of hydrogen-bond acceptors (Lipinski definition) is 3. The molecule has 2 rings (SSSR count). The third-order valence-electron chi connectivity index (χ3n) is 2.30. The van der Waals surface area contributed by atoms with Crippen molar-refractivity contribution >= 4 is 34.3 Å². The van der Waals surface area contributed by atoms with Gasteiger partial charge in [-0.15, -0.1) is 11.3 Å². The zero-order valence-corrected chi connectivity index (χ0v) is 10.8. The van der Waals surface area contributed by atoms with Crippen molar-refractivity contribution in [2.24, 2.45) is 5.73 Å². The van der Waals surface area contributed by atoms with Gasteiger partial charge in [-0.2, -0.15) is 11.3 Å². The second-order valence-electron chi connectivity index (χ2n) is 3.54. The van der Waals surface area contributed by atoms with Crippen LogP contribution < -0.4 is 5.73 Å². The van der Waals surface area contributed by atoms with Gasteiger partial charge in [0.1, 0.15) is 0 Å². The predicted octanol–water partition coefficient (Wildman–Crippen LogP) is 4.01. The quantitative estimate of drug-likeness (QED) is 0.883. The van der Waals surface area contributed by atoms with E-state index in [4.69, 9.17) is 17.3 Å². The van der Waals surface area contributed by atoms with Crippen LogP contribution >= 0.6 is 34.3 Å². The van der Waals surface area contributed by atoms with Crippen LogP contribution in [0, 0.1) is 6.92 Å². The van der Waals surface area contributed by atoms with Gasteiger partial charge in [0.05, 0.1) is 5.02 Å². The van der Waals surface area contributed by atoms with Crippen LogP contribution in [0.3, 0.4) is 0 Å². The zero-order chi connectivity index (χ0) is 10.8. The van der Waals surface area contributed by atoms with Crippen LogP contribution in [0.4, 0.5) is 0 Å². The molecule has 4 heteroatoms. The Balaban J connectivity index is 2.14. The number of halogens is 1. The molecule has 0 bridgehead atoms. The van der Waals surface area contributed by atoms with Crippen LogP contribution in [-0.2, 0) is 6.42 Å². The SMILES string of the molecule is Cc1csc(C(N)Cc2ccsc2)c1Cl. The summed E-state index contributed by atoms with van der Waals surface area (Å²) in [5.41, 5.74) is 8.54. The van der Waals surface area contributed by atoms with Gasteiger partial charge in [-0.05, 0) is 46.7 Å². The highest BCUT2D eigenvalue weighted by Crippen LogP contribution is 2.32. The van der Waals surface area contributed by atoms with Crippen LogP contribution in [0.1, 0.15) is 22.0 Å². The summed E-state index contributed by atoms with van der Waals surface area (Å²) < 4.78 is 0. The van der Waals surface area contributed by atoms with Crippen molar-refractivity contribution in [3.63, 3.8) is 0 Å². The molecule has 15 heavy (non-hydrogen) atoms. The highest BCUT2D eigenvalue weighted by atomic mass is 35.5. The lowest BCUT2D eigenvalue weighted by Gasteiger charge is -2.09. The molecule has 0 amide bonds. The molecule has 0 aromatic carbocycles. The maximum absolute atomic E-state index is 6.18. The summed E-state index contributed by atoms with van der Waals surface area (Å²) in [7, 11) is 0. The summed E-state index contributed by atoms with van der Waals surface area (Å²) in [6, 6.07) is 2.13. The highest BCUT2D eigenvalue weighted by Gasteiger charge is 2.14.